The van der Waals surface area contributed by atoms with Gasteiger partial charge in [0.25, 0.3) is 11.7 Å². The summed E-state index contributed by atoms with van der Waals surface area (Å²) in [6, 6.07) is 4.19. The van der Waals surface area contributed by atoms with Gasteiger partial charge in [-0.2, -0.15) is 4.98 Å². The van der Waals surface area contributed by atoms with E-state index in [1.54, 1.807) is 20.0 Å². The van der Waals surface area contributed by atoms with Gasteiger partial charge in [-0.1, -0.05) is 20.8 Å². The van der Waals surface area contributed by atoms with Crippen molar-refractivity contribution in [3.63, 3.8) is 0 Å². The highest BCUT2D eigenvalue weighted by Crippen LogP contribution is 2.26. The molecule has 0 saturated carbocycles. The Morgan fingerprint density at radius 1 is 1.20 bits per heavy atom. The molecule has 8 nitrogen and oxygen atoms in total. The standard InChI is InChI=1S/C21H21FN6O2/c1-11-17(30-12(2)24-11)19(29)25-14-6-7-16(22)15(8-14)18-26-20-23-9-13(21(3,4)5)10-28(20)27-18/h6-10H,1-5H3,(H,25,29). The highest BCUT2D eigenvalue weighted by Gasteiger charge is 2.19. The molecular formula is C21H21FN6O2. The average molecular weight is 408 g/mol. The zero-order chi connectivity index (χ0) is 21.6. The number of amides is 1. The largest absolute Gasteiger partial charge is 0.436 e. The van der Waals surface area contributed by atoms with Gasteiger partial charge in [0.1, 0.15) is 5.82 Å². The van der Waals surface area contributed by atoms with E-state index in [2.05, 4.69) is 46.1 Å². The molecule has 0 spiro atoms. The number of nitrogens with one attached hydrogen (secondary N) is 1. The van der Waals surface area contributed by atoms with Crippen LogP contribution in [0.2, 0.25) is 0 Å². The minimum absolute atomic E-state index is 0.111. The van der Waals surface area contributed by atoms with Crippen molar-refractivity contribution in [2.45, 2.75) is 40.0 Å². The van der Waals surface area contributed by atoms with Gasteiger partial charge in [0, 0.05) is 25.0 Å². The number of anilines is 1. The maximum Gasteiger partial charge on any atom is 0.293 e. The Morgan fingerprint density at radius 3 is 2.63 bits per heavy atom. The number of halogens is 1. The third-order valence-corrected chi connectivity index (χ3v) is 4.63. The van der Waals surface area contributed by atoms with Crippen molar-refractivity contribution in [1.82, 2.24) is 24.6 Å². The molecule has 3 heterocycles. The average Bonchev–Trinajstić information content (AvgIpc) is 3.24. The van der Waals surface area contributed by atoms with Gasteiger partial charge in [0.15, 0.2) is 11.7 Å². The molecule has 0 unspecified atom stereocenters. The molecule has 0 aliphatic rings. The lowest BCUT2D eigenvalue weighted by molar-refractivity contribution is 0.0994. The SMILES string of the molecule is Cc1nc(C)c(C(=O)Nc2ccc(F)c(-c3nc4ncc(C(C)(C)C)cn4n3)c2)o1. The summed E-state index contributed by atoms with van der Waals surface area (Å²) in [5.41, 5.74) is 1.88. The van der Waals surface area contributed by atoms with E-state index < -0.39 is 11.7 Å². The van der Waals surface area contributed by atoms with Gasteiger partial charge >= 0.3 is 0 Å². The lowest BCUT2D eigenvalue weighted by atomic mass is 9.89. The van der Waals surface area contributed by atoms with Crippen molar-refractivity contribution in [2.24, 2.45) is 0 Å². The van der Waals surface area contributed by atoms with Crippen LogP contribution in [0.5, 0.6) is 0 Å². The fourth-order valence-electron chi connectivity index (χ4n) is 2.99. The molecule has 0 fully saturated rings. The highest BCUT2D eigenvalue weighted by molar-refractivity contribution is 6.03. The van der Waals surface area contributed by atoms with Crippen molar-refractivity contribution in [3.05, 3.63) is 59.3 Å². The first-order chi connectivity index (χ1) is 14.1. The van der Waals surface area contributed by atoms with Crippen LogP contribution in [-0.4, -0.2) is 30.5 Å². The van der Waals surface area contributed by atoms with Crippen LogP contribution in [0, 0.1) is 19.7 Å². The van der Waals surface area contributed by atoms with Crippen LogP contribution in [0.1, 0.15) is 48.5 Å². The molecule has 30 heavy (non-hydrogen) atoms. The van der Waals surface area contributed by atoms with Crippen LogP contribution in [0.15, 0.2) is 35.0 Å². The third-order valence-electron chi connectivity index (χ3n) is 4.63. The lowest BCUT2D eigenvalue weighted by Crippen LogP contribution is -2.13. The summed E-state index contributed by atoms with van der Waals surface area (Å²) < 4.78 is 21.4. The minimum atomic E-state index is -0.508. The molecule has 9 heteroatoms. The Kier molecular flexibility index (Phi) is 4.60. The second kappa shape index (κ2) is 7.01. The van der Waals surface area contributed by atoms with Crippen LogP contribution in [0.25, 0.3) is 17.2 Å². The summed E-state index contributed by atoms with van der Waals surface area (Å²) in [5, 5.41) is 7.07. The predicted octanol–water partition coefficient (Wildman–Crippen LogP) is 4.09. The number of fused-ring (bicyclic) bond motifs is 1. The topological polar surface area (TPSA) is 98.2 Å². The Balaban J connectivity index is 1.68. The van der Waals surface area contributed by atoms with Gasteiger partial charge in [-0.3, -0.25) is 4.79 Å². The van der Waals surface area contributed by atoms with Gasteiger partial charge in [-0.25, -0.2) is 18.9 Å². The van der Waals surface area contributed by atoms with Gasteiger partial charge in [0.2, 0.25) is 5.76 Å². The molecule has 0 saturated heterocycles. The molecule has 0 aliphatic carbocycles. The number of aryl methyl sites for hydroxylation is 2. The molecule has 0 aliphatic heterocycles. The van der Waals surface area contributed by atoms with Gasteiger partial charge in [0.05, 0.1) is 11.3 Å². The second-order valence-electron chi connectivity index (χ2n) is 8.07. The van der Waals surface area contributed by atoms with Crippen LogP contribution in [0.4, 0.5) is 10.1 Å². The maximum atomic E-state index is 14.5. The smallest absolute Gasteiger partial charge is 0.293 e. The van der Waals surface area contributed by atoms with E-state index in [0.717, 1.165) is 5.56 Å². The molecule has 1 amide bonds. The van der Waals surface area contributed by atoms with E-state index in [0.29, 0.717) is 23.0 Å². The van der Waals surface area contributed by atoms with Crippen LogP contribution in [0.3, 0.4) is 0 Å². The first-order valence-electron chi connectivity index (χ1n) is 9.40. The van der Waals surface area contributed by atoms with Crippen LogP contribution in [-0.2, 0) is 5.41 Å². The quantitative estimate of drug-likeness (QED) is 0.548. The van der Waals surface area contributed by atoms with Gasteiger partial charge in [-0.15, -0.1) is 5.10 Å². The number of carbonyl (C=O) groups is 1. The summed E-state index contributed by atoms with van der Waals surface area (Å²) in [6.45, 7) is 9.54. The Bertz CT molecular complexity index is 1270. The maximum absolute atomic E-state index is 14.5. The summed E-state index contributed by atoms with van der Waals surface area (Å²) in [7, 11) is 0. The molecule has 1 N–H and O–H groups in total. The first kappa shape index (κ1) is 19.7. The predicted molar refractivity (Wildman–Crippen MR) is 109 cm³/mol. The molecule has 154 valence electrons. The Hall–Kier alpha value is -3.62. The molecular weight excluding hydrogens is 387 g/mol. The number of aromatic nitrogens is 5. The fourth-order valence-corrected chi connectivity index (χ4v) is 2.99. The minimum Gasteiger partial charge on any atom is -0.436 e. The summed E-state index contributed by atoms with van der Waals surface area (Å²) in [6.07, 6.45) is 3.57. The van der Waals surface area contributed by atoms with Crippen molar-refractivity contribution in [1.29, 1.82) is 0 Å². The molecule has 1 aromatic carbocycles. The Labute approximate surface area is 172 Å². The number of nitrogens with zero attached hydrogens (tertiary/aromatic N) is 5. The molecule has 0 radical (unpaired) electrons. The molecule has 3 aromatic heterocycles. The third kappa shape index (κ3) is 3.66. The van der Waals surface area contributed by atoms with Crippen LogP contribution >= 0.6 is 0 Å². The van der Waals surface area contributed by atoms with E-state index in [1.807, 2.05) is 6.20 Å². The van der Waals surface area contributed by atoms with Crippen LogP contribution < -0.4 is 5.32 Å². The van der Waals surface area contributed by atoms with Gasteiger partial charge in [-0.05, 0) is 36.1 Å². The van der Waals surface area contributed by atoms with Crippen molar-refractivity contribution in [3.8, 4) is 11.4 Å². The van der Waals surface area contributed by atoms with Crippen molar-refractivity contribution in [2.75, 3.05) is 5.32 Å². The normalized spacial score (nSPS) is 11.8. The lowest BCUT2D eigenvalue weighted by Gasteiger charge is -2.17. The number of benzene rings is 1. The summed E-state index contributed by atoms with van der Waals surface area (Å²) >= 11 is 0. The van der Waals surface area contributed by atoms with E-state index >= 15 is 0 Å². The Morgan fingerprint density at radius 2 is 1.97 bits per heavy atom. The number of hydrogen-bond donors (Lipinski definition) is 1. The zero-order valence-electron chi connectivity index (χ0n) is 17.3. The van der Waals surface area contributed by atoms with Crippen molar-refractivity contribution < 1.29 is 13.6 Å². The zero-order valence-corrected chi connectivity index (χ0v) is 17.3. The summed E-state index contributed by atoms with van der Waals surface area (Å²) in [5.74, 6) is 0.0711. The molecule has 4 rings (SSSR count). The molecule has 0 bridgehead atoms. The number of hydrogen-bond acceptors (Lipinski definition) is 6. The monoisotopic (exact) mass is 408 g/mol. The van der Waals surface area contributed by atoms with E-state index in [9.17, 15) is 9.18 Å². The van der Waals surface area contributed by atoms with Crippen molar-refractivity contribution >= 4 is 17.4 Å². The summed E-state index contributed by atoms with van der Waals surface area (Å²) in [4.78, 5) is 25.2. The fraction of sp³-hybridized carbons (Fsp3) is 0.286. The molecule has 0 atom stereocenters. The van der Waals surface area contributed by atoms with Gasteiger partial charge < -0.3 is 9.73 Å². The highest BCUT2D eigenvalue weighted by atomic mass is 19.1. The molecule has 4 aromatic rings. The number of rotatable bonds is 3. The number of oxazole rings is 1. The van der Waals surface area contributed by atoms with E-state index in [4.69, 9.17) is 4.42 Å². The second-order valence-corrected chi connectivity index (χ2v) is 8.07. The number of carbonyl (C=O) groups excluding carboxylic acids is 1. The first-order valence-corrected chi connectivity index (χ1v) is 9.40. The van der Waals surface area contributed by atoms with E-state index in [-0.39, 0.29) is 22.6 Å². The van der Waals surface area contributed by atoms with E-state index in [1.165, 1.54) is 22.7 Å².